The van der Waals surface area contributed by atoms with Crippen molar-refractivity contribution in [2.75, 3.05) is 13.2 Å². The minimum Gasteiger partial charge on any atom is -0.462 e. The maximum Gasteiger partial charge on any atom is 0.469 e. The third-order valence-electron chi connectivity index (χ3n) is 9.92. The maximum absolute atomic E-state index is 12.4. The molecule has 0 saturated heterocycles. The van der Waals surface area contributed by atoms with Gasteiger partial charge in [-0.05, 0) is 18.8 Å². The van der Waals surface area contributed by atoms with E-state index in [2.05, 4.69) is 25.3 Å². The van der Waals surface area contributed by atoms with Crippen LogP contribution < -0.4 is 0 Å². The van der Waals surface area contributed by atoms with Crippen LogP contribution in [0, 0.1) is 5.92 Å². The van der Waals surface area contributed by atoms with E-state index in [1.807, 2.05) is 0 Å². The molecule has 0 aromatic carbocycles. The van der Waals surface area contributed by atoms with Crippen LogP contribution in [0.5, 0.6) is 0 Å². The summed E-state index contributed by atoms with van der Waals surface area (Å²) in [5, 5.41) is 0. The molecule has 2 N–H and O–H groups in total. The summed E-state index contributed by atoms with van der Waals surface area (Å²) >= 11 is 0. The second-order valence-electron chi connectivity index (χ2n) is 14.9. The molecule has 0 aliphatic heterocycles. The average Bonchev–Trinajstić information content (AvgIpc) is 3.08. The Balaban J connectivity index is 3.86. The molecular weight excluding hydrogens is 651 g/mol. The quantitative estimate of drug-likeness (QED) is 0.0364. The fraction of sp³-hybridized carbons (Fsp3) is 0.951. The molecule has 8 nitrogen and oxygen atoms in total. The van der Waals surface area contributed by atoms with E-state index in [0.717, 1.165) is 44.4 Å². The predicted molar refractivity (Wildman–Crippen MR) is 207 cm³/mol. The normalized spacial score (nSPS) is 13.0. The van der Waals surface area contributed by atoms with Gasteiger partial charge in [0.25, 0.3) is 0 Å². The molecule has 50 heavy (non-hydrogen) atoms. The SMILES string of the molecule is CCCCCCCCCCCCCCCCCCCCC(=O)OC[C@H](COP(=O)(O)O)OC(=O)CCCCCCCCCCCCC(C)CC. The molecule has 1 unspecified atom stereocenters. The molecule has 0 heterocycles. The summed E-state index contributed by atoms with van der Waals surface area (Å²) < 4.78 is 26.4. The smallest absolute Gasteiger partial charge is 0.462 e. The first-order valence-corrected chi connectivity index (χ1v) is 22.8. The first kappa shape index (κ1) is 49.0. The van der Waals surface area contributed by atoms with E-state index in [4.69, 9.17) is 19.3 Å². The number of phosphoric acid groups is 1. The molecule has 0 aliphatic carbocycles. The lowest BCUT2D eigenvalue weighted by Gasteiger charge is -2.18. The predicted octanol–water partition coefficient (Wildman–Crippen LogP) is 12.7. The van der Waals surface area contributed by atoms with Crippen LogP contribution in [0.1, 0.15) is 226 Å². The van der Waals surface area contributed by atoms with Gasteiger partial charge in [0, 0.05) is 12.8 Å². The van der Waals surface area contributed by atoms with Gasteiger partial charge in [-0.2, -0.15) is 0 Å². The Morgan fingerprint density at radius 1 is 0.520 bits per heavy atom. The minimum atomic E-state index is -4.75. The highest BCUT2D eigenvalue weighted by molar-refractivity contribution is 7.46. The lowest BCUT2D eigenvalue weighted by Crippen LogP contribution is -2.29. The summed E-state index contributed by atoms with van der Waals surface area (Å²) in [7, 11) is -4.75. The molecule has 0 aromatic heterocycles. The Morgan fingerprint density at radius 2 is 0.880 bits per heavy atom. The standard InChI is InChI=1S/C41H81O8P/c1-4-6-7-8-9-10-11-12-13-14-15-16-17-18-22-25-28-31-34-40(42)47-36-39(37-48-50(44,45)46)49-41(43)35-32-29-26-23-20-19-21-24-27-30-33-38(3)5-2/h38-39H,4-37H2,1-3H3,(H2,44,45,46)/t38?,39-/m1/s1. The molecular formula is C41H81O8P. The van der Waals surface area contributed by atoms with Gasteiger partial charge >= 0.3 is 19.8 Å². The van der Waals surface area contributed by atoms with E-state index in [-0.39, 0.29) is 19.4 Å². The first-order valence-electron chi connectivity index (χ1n) is 21.2. The molecule has 0 aromatic rings. The third-order valence-corrected chi connectivity index (χ3v) is 10.4. The molecule has 298 valence electrons. The van der Waals surface area contributed by atoms with Crippen LogP contribution in [-0.4, -0.2) is 41.0 Å². The fourth-order valence-corrected chi connectivity index (χ4v) is 6.71. The lowest BCUT2D eigenvalue weighted by atomic mass is 9.99. The molecule has 0 radical (unpaired) electrons. The number of carbonyl (C=O) groups excluding carboxylic acids is 2. The number of carbonyl (C=O) groups is 2. The van der Waals surface area contributed by atoms with Crippen LogP contribution in [0.15, 0.2) is 0 Å². The summed E-state index contributed by atoms with van der Waals surface area (Å²) in [4.78, 5) is 42.8. The van der Waals surface area contributed by atoms with E-state index < -0.39 is 32.5 Å². The van der Waals surface area contributed by atoms with E-state index in [9.17, 15) is 14.2 Å². The number of ether oxygens (including phenoxy) is 2. The van der Waals surface area contributed by atoms with Crippen molar-refractivity contribution >= 4 is 19.8 Å². The van der Waals surface area contributed by atoms with Gasteiger partial charge in [0.15, 0.2) is 6.10 Å². The van der Waals surface area contributed by atoms with Crippen LogP contribution in [0.3, 0.4) is 0 Å². The molecule has 0 spiro atoms. The lowest BCUT2D eigenvalue weighted by molar-refractivity contribution is -0.161. The zero-order chi connectivity index (χ0) is 37.0. The highest BCUT2D eigenvalue weighted by atomic mass is 31.2. The van der Waals surface area contributed by atoms with Crippen molar-refractivity contribution in [3.8, 4) is 0 Å². The monoisotopic (exact) mass is 733 g/mol. The van der Waals surface area contributed by atoms with Gasteiger partial charge in [-0.1, -0.05) is 201 Å². The van der Waals surface area contributed by atoms with E-state index in [1.165, 1.54) is 148 Å². The van der Waals surface area contributed by atoms with Crippen LogP contribution in [0.4, 0.5) is 0 Å². The van der Waals surface area contributed by atoms with Crippen molar-refractivity contribution in [1.29, 1.82) is 0 Å². The van der Waals surface area contributed by atoms with Gasteiger partial charge in [-0.25, -0.2) is 4.57 Å². The summed E-state index contributed by atoms with van der Waals surface area (Å²) in [6.07, 6.45) is 36.8. The zero-order valence-corrected chi connectivity index (χ0v) is 33.9. The highest BCUT2D eigenvalue weighted by Crippen LogP contribution is 2.36. The maximum atomic E-state index is 12.4. The highest BCUT2D eigenvalue weighted by Gasteiger charge is 2.23. The number of rotatable bonds is 39. The second-order valence-corrected chi connectivity index (χ2v) is 16.2. The van der Waals surface area contributed by atoms with Gasteiger partial charge in [-0.3, -0.25) is 14.1 Å². The summed E-state index contributed by atoms with van der Waals surface area (Å²) in [5.41, 5.74) is 0. The van der Waals surface area contributed by atoms with E-state index >= 15 is 0 Å². The average molecular weight is 733 g/mol. The van der Waals surface area contributed by atoms with Crippen molar-refractivity contribution in [1.82, 2.24) is 0 Å². The Kier molecular flexibility index (Phi) is 35.7. The molecule has 2 atom stereocenters. The molecule has 0 aliphatic rings. The molecule has 0 fully saturated rings. The van der Waals surface area contributed by atoms with Crippen LogP contribution >= 0.6 is 7.82 Å². The summed E-state index contributed by atoms with van der Waals surface area (Å²) in [5.74, 6) is -0.0204. The molecule has 9 heteroatoms. The Labute approximate surface area is 308 Å². The second kappa shape index (κ2) is 36.4. The van der Waals surface area contributed by atoms with E-state index in [1.54, 1.807) is 0 Å². The Hall–Kier alpha value is -0.950. The number of unbranched alkanes of at least 4 members (excludes halogenated alkanes) is 26. The van der Waals surface area contributed by atoms with Gasteiger partial charge < -0.3 is 19.3 Å². The number of esters is 2. The molecule has 0 bridgehead atoms. The van der Waals surface area contributed by atoms with Gasteiger partial charge in [0.1, 0.15) is 6.61 Å². The third kappa shape index (κ3) is 38.3. The van der Waals surface area contributed by atoms with Crippen molar-refractivity contribution in [3.63, 3.8) is 0 Å². The van der Waals surface area contributed by atoms with Crippen LogP contribution in [-0.2, 0) is 28.2 Å². The van der Waals surface area contributed by atoms with Gasteiger partial charge in [0.2, 0.25) is 0 Å². The van der Waals surface area contributed by atoms with Crippen LogP contribution in [0.2, 0.25) is 0 Å². The van der Waals surface area contributed by atoms with Crippen molar-refractivity contribution in [3.05, 3.63) is 0 Å². The minimum absolute atomic E-state index is 0.218. The molecule has 0 saturated carbocycles. The largest absolute Gasteiger partial charge is 0.469 e. The number of phosphoric ester groups is 1. The summed E-state index contributed by atoms with van der Waals surface area (Å²) in [6, 6.07) is 0. The number of hydrogen-bond donors (Lipinski definition) is 2. The molecule has 0 rings (SSSR count). The van der Waals surface area contributed by atoms with E-state index in [0.29, 0.717) is 6.42 Å². The Morgan fingerprint density at radius 3 is 1.26 bits per heavy atom. The van der Waals surface area contributed by atoms with Crippen molar-refractivity contribution in [2.24, 2.45) is 5.92 Å². The first-order chi connectivity index (χ1) is 24.2. The zero-order valence-electron chi connectivity index (χ0n) is 33.0. The van der Waals surface area contributed by atoms with Crippen LogP contribution in [0.25, 0.3) is 0 Å². The van der Waals surface area contributed by atoms with Crippen molar-refractivity contribution < 1.29 is 37.9 Å². The van der Waals surface area contributed by atoms with Gasteiger partial charge in [0.05, 0.1) is 6.61 Å². The van der Waals surface area contributed by atoms with Crippen molar-refractivity contribution in [2.45, 2.75) is 232 Å². The van der Waals surface area contributed by atoms with Gasteiger partial charge in [-0.15, -0.1) is 0 Å². The molecule has 0 amide bonds. The topological polar surface area (TPSA) is 119 Å². The summed E-state index contributed by atoms with van der Waals surface area (Å²) in [6.45, 7) is 6.06. The Bertz CT molecular complexity index is 801. The fourth-order valence-electron chi connectivity index (χ4n) is 6.35. The number of hydrogen-bond acceptors (Lipinski definition) is 6.